The maximum Gasteiger partial charge on any atom is 0.223 e. The smallest absolute Gasteiger partial charge is 0.223 e. The van der Waals surface area contributed by atoms with Crippen molar-refractivity contribution in [3.8, 4) is 11.1 Å². The lowest BCUT2D eigenvalue weighted by Gasteiger charge is -2.29. The van der Waals surface area contributed by atoms with Gasteiger partial charge in [0.25, 0.3) is 0 Å². The molecule has 1 N–H and O–H groups in total. The summed E-state index contributed by atoms with van der Waals surface area (Å²) in [6, 6.07) is 4.08. The van der Waals surface area contributed by atoms with E-state index in [1.807, 2.05) is 30.7 Å². The van der Waals surface area contributed by atoms with Gasteiger partial charge in [-0.05, 0) is 62.1 Å². The highest BCUT2D eigenvalue weighted by atomic mass is 16.2. The van der Waals surface area contributed by atoms with Crippen molar-refractivity contribution in [3.63, 3.8) is 0 Å². The molecule has 28 heavy (non-hydrogen) atoms. The fourth-order valence-corrected chi connectivity index (χ4v) is 4.13. The first-order valence-electron chi connectivity index (χ1n) is 10.7. The molecule has 2 aromatic rings. The van der Waals surface area contributed by atoms with Gasteiger partial charge >= 0.3 is 0 Å². The highest BCUT2D eigenvalue weighted by Crippen LogP contribution is 2.39. The Bertz CT molecular complexity index is 809. The van der Waals surface area contributed by atoms with Crippen molar-refractivity contribution >= 4 is 5.91 Å². The van der Waals surface area contributed by atoms with Crippen LogP contribution in [-0.2, 0) is 4.79 Å². The van der Waals surface area contributed by atoms with E-state index in [9.17, 15) is 4.79 Å². The van der Waals surface area contributed by atoms with Crippen LogP contribution in [0, 0.1) is 11.8 Å². The van der Waals surface area contributed by atoms with Crippen LogP contribution in [0.1, 0.15) is 75.7 Å². The first-order valence-corrected chi connectivity index (χ1v) is 10.7. The molecule has 0 spiro atoms. The Morgan fingerprint density at radius 1 is 1.11 bits per heavy atom. The SMILES string of the molecule is CC(C)c1ncc(-c2ccncc2)c(C2CCC(CNC(=O)C3CC3)CC2)n1. The minimum Gasteiger partial charge on any atom is -0.356 e. The zero-order valence-corrected chi connectivity index (χ0v) is 16.9. The van der Waals surface area contributed by atoms with E-state index in [1.54, 1.807) is 0 Å². The second-order valence-corrected chi connectivity index (χ2v) is 8.65. The molecule has 0 aromatic carbocycles. The third-order valence-electron chi connectivity index (χ3n) is 6.09. The van der Waals surface area contributed by atoms with Crippen LogP contribution in [0.3, 0.4) is 0 Å². The van der Waals surface area contributed by atoms with Crippen LogP contribution >= 0.6 is 0 Å². The zero-order chi connectivity index (χ0) is 19.5. The molecule has 2 aromatic heterocycles. The van der Waals surface area contributed by atoms with Crippen LogP contribution in [0.15, 0.2) is 30.7 Å². The number of nitrogens with zero attached hydrogens (tertiary/aromatic N) is 3. The molecule has 2 saturated carbocycles. The minimum atomic E-state index is 0.263. The predicted octanol–water partition coefficient (Wildman–Crippen LogP) is 4.46. The summed E-state index contributed by atoms with van der Waals surface area (Å²) in [6.45, 7) is 5.12. The van der Waals surface area contributed by atoms with E-state index in [4.69, 9.17) is 4.98 Å². The Labute approximate surface area is 167 Å². The summed E-state index contributed by atoms with van der Waals surface area (Å²) >= 11 is 0. The number of nitrogens with one attached hydrogen (secondary N) is 1. The summed E-state index contributed by atoms with van der Waals surface area (Å²) in [7, 11) is 0. The molecule has 0 radical (unpaired) electrons. The first kappa shape index (κ1) is 19.0. The molecule has 0 unspecified atom stereocenters. The number of aromatic nitrogens is 3. The van der Waals surface area contributed by atoms with Crippen LogP contribution in [0.4, 0.5) is 0 Å². The summed E-state index contributed by atoms with van der Waals surface area (Å²) in [4.78, 5) is 25.7. The standard InChI is InChI=1S/C23H30N4O/c1-15(2)22-25-14-20(17-9-11-24-12-10-17)21(27-22)18-5-3-16(4-6-18)13-26-23(28)19-7-8-19/h9-12,14-16,18-19H,3-8,13H2,1-2H3,(H,26,28). The molecule has 1 amide bonds. The molecule has 5 heteroatoms. The number of carbonyl (C=O) groups is 1. The summed E-state index contributed by atoms with van der Waals surface area (Å²) in [5.41, 5.74) is 3.46. The molecule has 2 fully saturated rings. The molecule has 0 bridgehead atoms. The molecule has 0 atom stereocenters. The van der Waals surface area contributed by atoms with Gasteiger partial charge in [-0.3, -0.25) is 9.78 Å². The Morgan fingerprint density at radius 3 is 2.46 bits per heavy atom. The molecule has 5 nitrogen and oxygen atoms in total. The van der Waals surface area contributed by atoms with Crippen molar-refractivity contribution in [2.45, 2.75) is 64.2 Å². The molecular formula is C23H30N4O. The third kappa shape index (κ3) is 4.40. The van der Waals surface area contributed by atoms with Gasteiger partial charge in [-0.1, -0.05) is 13.8 Å². The third-order valence-corrected chi connectivity index (χ3v) is 6.09. The fourth-order valence-electron chi connectivity index (χ4n) is 4.13. The van der Waals surface area contributed by atoms with Gasteiger partial charge in [-0.25, -0.2) is 9.97 Å². The van der Waals surface area contributed by atoms with Gasteiger partial charge < -0.3 is 5.32 Å². The topological polar surface area (TPSA) is 67.8 Å². The first-order chi connectivity index (χ1) is 13.6. The largest absolute Gasteiger partial charge is 0.356 e. The lowest BCUT2D eigenvalue weighted by molar-refractivity contribution is -0.122. The average molecular weight is 379 g/mol. The van der Waals surface area contributed by atoms with Gasteiger partial charge in [0, 0.05) is 48.5 Å². The van der Waals surface area contributed by atoms with Crippen molar-refractivity contribution in [2.24, 2.45) is 11.8 Å². The monoisotopic (exact) mass is 378 g/mol. The van der Waals surface area contributed by atoms with Crippen molar-refractivity contribution in [3.05, 3.63) is 42.2 Å². The van der Waals surface area contributed by atoms with E-state index in [-0.39, 0.29) is 5.91 Å². The Hall–Kier alpha value is -2.30. The lowest BCUT2D eigenvalue weighted by Crippen LogP contribution is -2.32. The van der Waals surface area contributed by atoms with E-state index >= 15 is 0 Å². The van der Waals surface area contributed by atoms with Crippen LogP contribution < -0.4 is 5.32 Å². The maximum atomic E-state index is 11.9. The molecule has 0 aliphatic heterocycles. The molecule has 0 saturated heterocycles. The van der Waals surface area contributed by atoms with Crippen molar-refractivity contribution < 1.29 is 4.79 Å². The molecule has 148 valence electrons. The highest BCUT2D eigenvalue weighted by Gasteiger charge is 2.31. The number of rotatable bonds is 6. The average Bonchev–Trinajstić information content (AvgIpc) is 3.58. The maximum absolute atomic E-state index is 11.9. The van der Waals surface area contributed by atoms with Gasteiger partial charge in [0.15, 0.2) is 0 Å². The molecular weight excluding hydrogens is 348 g/mol. The van der Waals surface area contributed by atoms with Crippen LogP contribution in [0.5, 0.6) is 0 Å². The zero-order valence-electron chi connectivity index (χ0n) is 16.9. The Kier molecular flexibility index (Phi) is 5.69. The van der Waals surface area contributed by atoms with Crippen LogP contribution in [-0.4, -0.2) is 27.4 Å². The van der Waals surface area contributed by atoms with E-state index in [0.29, 0.717) is 23.7 Å². The number of hydrogen-bond donors (Lipinski definition) is 1. The van der Waals surface area contributed by atoms with E-state index in [0.717, 1.165) is 62.0 Å². The lowest BCUT2D eigenvalue weighted by atomic mass is 9.79. The number of amides is 1. The van der Waals surface area contributed by atoms with E-state index in [2.05, 4.69) is 29.1 Å². The molecule has 4 rings (SSSR count). The second kappa shape index (κ2) is 8.38. The van der Waals surface area contributed by atoms with Gasteiger partial charge in [0.1, 0.15) is 5.82 Å². The normalized spacial score (nSPS) is 22.2. The second-order valence-electron chi connectivity index (χ2n) is 8.65. The van der Waals surface area contributed by atoms with Crippen LogP contribution in [0.25, 0.3) is 11.1 Å². The number of pyridine rings is 1. The fraction of sp³-hybridized carbons (Fsp3) is 0.565. The van der Waals surface area contributed by atoms with Gasteiger partial charge in [0.2, 0.25) is 5.91 Å². The van der Waals surface area contributed by atoms with Crippen molar-refractivity contribution in [1.29, 1.82) is 0 Å². The summed E-state index contributed by atoms with van der Waals surface area (Å²) in [6.07, 6.45) is 12.3. The van der Waals surface area contributed by atoms with Crippen molar-refractivity contribution in [1.82, 2.24) is 20.3 Å². The number of hydrogen-bond acceptors (Lipinski definition) is 4. The summed E-state index contributed by atoms with van der Waals surface area (Å²) in [5.74, 6) is 2.86. The van der Waals surface area contributed by atoms with E-state index < -0.39 is 0 Å². The quantitative estimate of drug-likeness (QED) is 0.806. The van der Waals surface area contributed by atoms with E-state index in [1.165, 1.54) is 5.69 Å². The van der Waals surface area contributed by atoms with Crippen LogP contribution in [0.2, 0.25) is 0 Å². The minimum absolute atomic E-state index is 0.263. The summed E-state index contributed by atoms with van der Waals surface area (Å²) < 4.78 is 0. The predicted molar refractivity (Wildman–Crippen MR) is 110 cm³/mol. The van der Waals surface area contributed by atoms with Gasteiger partial charge in [-0.2, -0.15) is 0 Å². The number of carbonyl (C=O) groups excluding carboxylic acids is 1. The molecule has 2 aliphatic rings. The van der Waals surface area contributed by atoms with Crippen molar-refractivity contribution in [2.75, 3.05) is 6.54 Å². The van der Waals surface area contributed by atoms with Gasteiger partial charge in [-0.15, -0.1) is 0 Å². The molecule has 2 heterocycles. The Balaban J connectivity index is 1.47. The highest BCUT2D eigenvalue weighted by molar-refractivity contribution is 5.80. The Morgan fingerprint density at radius 2 is 1.82 bits per heavy atom. The summed E-state index contributed by atoms with van der Waals surface area (Å²) in [5, 5.41) is 3.16. The van der Waals surface area contributed by atoms with Gasteiger partial charge in [0.05, 0.1) is 5.69 Å². The molecule has 2 aliphatic carbocycles.